The largest absolute Gasteiger partial charge is 0.324 e. The number of likely N-dealkylation sites (tertiary alicyclic amines) is 1. The Morgan fingerprint density at radius 2 is 1.93 bits per heavy atom. The van der Waals surface area contributed by atoms with Gasteiger partial charge in [-0.2, -0.15) is 0 Å². The summed E-state index contributed by atoms with van der Waals surface area (Å²) in [5.41, 5.74) is 1.37. The monoisotopic (exact) mass is 394 g/mol. The smallest absolute Gasteiger partial charge is 0.241 e. The van der Waals surface area contributed by atoms with Crippen LogP contribution >= 0.6 is 0 Å². The Kier molecular flexibility index (Phi) is 5.83. The third-order valence-corrected chi connectivity index (χ3v) is 5.72. The van der Waals surface area contributed by atoms with E-state index in [9.17, 15) is 18.0 Å². The number of hydrogen-bond donors (Lipinski definition) is 2. The lowest BCUT2D eigenvalue weighted by Crippen LogP contribution is -2.49. The van der Waals surface area contributed by atoms with Crippen LogP contribution in [-0.4, -0.2) is 63.1 Å². The molecule has 1 aromatic rings. The Morgan fingerprint density at radius 1 is 1.26 bits per heavy atom. The minimum absolute atomic E-state index is 0.0547. The predicted molar refractivity (Wildman–Crippen MR) is 104 cm³/mol. The van der Waals surface area contributed by atoms with E-state index in [0.717, 1.165) is 11.9 Å². The summed E-state index contributed by atoms with van der Waals surface area (Å²) >= 11 is 0. The molecule has 0 radical (unpaired) electrons. The van der Waals surface area contributed by atoms with Crippen LogP contribution in [0.25, 0.3) is 0 Å². The molecule has 1 saturated heterocycles. The molecule has 0 aliphatic carbocycles. The highest BCUT2D eigenvalue weighted by Crippen LogP contribution is 2.31. The average molecular weight is 394 g/mol. The molecule has 2 amide bonds. The molecule has 2 aliphatic rings. The molecule has 1 aromatic carbocycles. The minimum atomic E-state index is -3.21. The van der Waals surface area contributed by atoms with Crippen LogP contribution in [0, 0.1) is 0 Å². The second-order valence-electron chi connectivity index (χ2n) is 7.32. The molecule has 9 heteroatoms. The molecule has 0 aromatic heterocycles. The quantitative estimate of drug-likeness (QED) is 0.786. The lowest BCUT2D eigenvalue weighted by atomic mass is 10.1. The van der Waals surface area contributed by atoms with Crippen LogP contribution in [-0.2, 0) is 19.6 Å². The van der Waals surface area contributed by atoms with Gasteiger partial charge in [-0.3, -0.25) is 14.5 Å². The number of para-hydroxylation sites is 2. The zero-order valence-electron chi connectivity index (χ0n) is 15.6. The molecule has 0 bridgehead atoms. The number of anilines is 2. The summed E-state index contributed by atoms with van der Waals surface area (Å²) < 4.78 is 25.3. The van der Waals surface area contributed by atoms with Gasteiger partial charge in [0.2, 0.25) is 21.8 Å². The Morgan fingerprint density at radius 3 is 2.59 bits per heavy atom. The normalized spacial score (nSPS) is 22.1. The van der Waals surface area contributed by atoms with Crippen molar-refractivity contribution in [3.63, 3.8) is 0 Å². The summed E-state index contributed by atoms with van der Waals surface area (Å²) in [6, 6.07) is 7.02. The van der Waals surface area contributed by atoms with Crippen molar-refractivity contribution in [1.82, 2.24) is 9.62 Å². The molecule has 27 heavy (non-hydrogen) atoms. The van der Waals surface area contributed by atoms with Crippen molar-refractivity contribution in [2.45, 2.75) is 38.3 Å². The van der Waals surface area contributed by atoms with Crippen molar-refractivity contribution in [3.05, 3.63) is 24.3 Å². The van der Waals surface area contributed by atoms with E-state index < -0.39 is 10.0 Å². The van der Waals surface area contributed by atoms with Crippen LogP contribution in [0.1, 0.15) is 26.2 Å². The SMILES string of the molecule is C[C@@H]1CC(=O)Nc2ccccc2N1C(=O)CN1CCC(NS(C)(=O)=O)CC1. The van der Waals surface area contributed by atoms with Crippen LogP contribution in [0.5, 0.6) is 0 Å². The molecule has 0 spiro atoms. The van der Waals surface area contributed by atoms with E-state index in [2.05, 4.69) is 10.0 Å². The maximum atomic E-state index is 13.0. The molecule has 3 rings (SSSR count). The zero-order valence-corrected chi connectivity index (χ0v) is 16.5. The van der Waals surface area contributed by atoms with Crippen LogP contribution in [0.4, 0.5) is 11.4 Å². The van der Waals surface area contributed by atoms with Gasteiger partial charge in [0.25, 0.3) is 0 Å². The number of benzene rings is 1. The summed E-state index contributed by atoms with van der Waals surface area (Å²) in [6.07, 6.45) is 2.76. The number of nitrogens with zero attached hydrogens (tertiary/aromatic N) is 2. The van der Waals surface area contributed by atoms with Crippen molar-refractivity contribution >= 4 is 33.2 Å². The van der Waals surface area contributed by atoms with Gasteiger partial charge in [-0.1, -0.05) is 12.1 Å². The van der Waals surface area contributed by atoms with E-state index in [1.807, 2.05) is 30.0 Å². The Balaban J connectivity index is 1.67. The highest BCUT2D eigenvalue weighted by molar-refractivity contribution is 7.88. The van der Waals surface area contributed by atoms with Gasteiger partial charge in [-0.15, -0.1) is 0 Å². The fraction of sp³-hybridized carbons (Fsp3) is 0.556. The van der Waals surface area contributed by atoms with E-state index in [1.54, 1.807) is 11.0 Å². The number of nitrogens with one attached hydrogen (secondary N) is 2. The van der Waals surface area contributed by atoms with Crippen molar-refractivity contribution in [3.8, 4) is 0 Å². The first kappa shape index (κ1) is 19.8. The fourth-order valence-electron chi connectivity index (χ4n) is 3.75. The number of carbonyl (C=O) groups is 2. The first-order chi connectivity index (χ1) is 12.7. The maximum Gasteiger partial charge on any atom is 0.241 e. The summed E-state index contributed by atoms with van der Waals surface area (Å²) in [7, 11) is -3.21. The number of piperidine rings is 1. The van der Waals surface area contributed by atoms with Crippen molar-refractivity contribution in [1.29, 1.82) is 0 Å². The fourth-order valence-corrected chi connectivity index (χ4v) is 4.59. The maximum absolute atomic E-state index is 13.0. The van der Waals surface area contributed by atoms with Crippen LogP contribution < -0.4 is 14.9 Å². The Labute approximate surface area is 160 Å². The van der Waals surface area contributed by atoms with Gasteiger partial charge < -0.3 is 10.2 Å². The summed E-state index contributed by atoms with van der Waals surface area (Å²) in [5.74, 6) is -0.154. The molecule has 2 heterocycles. The highest BCUT2D eigenvalue weighted by atomic mass is 32.2. The van der Waals surface area contributed by atoms with E-state index in [4.69, 9.17) is 0 Å². The van der Waals surface area contributed by atoms with E-state index in [0.29, 0.717) is 31.6 Å². The predicted octanol–water partition coefficient (Wildman–Crippen LogP) is 0.764. The second-order valence-corrected chi connectivity index (χ2v) is 9.10. The molecule has 148 valence electrons. The zero-order chi connectivity index (χ0) is 19.6. The molecule has 0 unspecified atom stereocenters. The van der Waals surface area contributed by atoms with E-state index in [-0.39, 0.29) is 36.9 Å². The summed E-state index contributed by atoms with van der Waals surface area (Å²) in [5, 5.41) is 2.86. The van der Waals surface area contributed by atoms with Crippen LogP contribution in [0.3, 0.4) is 0 Å². The first-order valence-electron chi connectivity index (χ1n) is 9.13. The van der Waals surface area contributed by atoms with Crippen molar-refractivity contribution in [2.24, 2.45) is 0 Å². The lowest BCUT2D eigenvalue weighted by Gasteiger charge is -2.34. The topological polar surface area (TPSA) is 98.8 Å². The Bertz CT molecular complexity index is 818. The highest BCUT2D eigenvalue weighted by Gasteiger charge is 2.31. The number of fused-ring (bicyclic) bond motifs is 1. The Hall–Kier alpha value is -1.97. The molecule has 2 N–H and O–H groups in total. The summed E-state index contributed by atoms with van der Waals surface area (Å²) in [4.78, 5) is 28.8. The van der Waals surface area contributed by atoms with Crippen molar-refractivity contribution < 1.29 is 18.0 Å². The number of amides is 2. The van der Waals surface area contributed by atoms with Gasteiger partial charge in [-0.05, 0) is 31.9 Å². The minimum Gasteiger partial charge on any atom is -0.324 e. The number of hydrogen-bond acceptors (Lipinski definition) is 5. The van der Waals surface area contributed by atoms with Gasteiger partial charge in [0.1, 0.15) is 0 Å². The molecule has 2 aliphatic heterocycles. The standard InChI is InChI=1S/C18H26N4O4S/c1-13-11-17(23)19-15-5-3-4-6-16(15)22(13)18(24)12-21-9-7-14(8-10-21)20-27(2,25)26/h3-6,13-14,20H,7-12H2,1-2H3,(H,19,23)/t13-/m1/s1. The average Bonchev–Trinajstić information content (AvgIpc) is 2.69. The molecule has 1 fully saturated rings. The number of sulfonamides is 1. The van der Waals surface area contributed by atoms with E-state index >= 15 is 0 Å². The number of rotatable bonds is 4. The first-order valence-corrected chi connectivity index (χ1v) is 11.0. The van der Waals surface area contributed by atoms with Gasteiger partial charge in [-0.25, -0.2) is 13.1 Å². The second kappa shape index (κ2) is 7.95. The third-order valence-electron chi connectivity index (χ3n) is 4.96. The van der Waals surface area contributed by atoms with Gasteiger partial charge in [0.05, 0.1) is 24.2 Å². The van der Waals surface area contributed by atoms with Gasteiger partial charge >= 0.3 is 0 Å². The molecule has 1 atom stereocenters. The molecular formula is C18H26N4O4S. The van der Waals surface area contributed by atoms with Crippen LogP contribution in [0.15, 0.2) is 24.3 Å². The van der Waals surface area contributed by atoms with Gasteiger partial charge in [0.15, 0.2) is 0 Å². The summed E-state index contributed by atoms with van der Waals surface area (Å²) in [6.45, 7) is 3.43. The van der Waals surface area contributed by atoms with Crippen molar-refractivity contribution in [2.75, 3.05) is 36.1 Å². The molecular weight excluding hydrogens is 368 g/mol. The number of carbonyl (C=O) groups excluding carboxylic acids is 2. The molecule has 8 nitrogen and oxygen atoms in total. The van der Waals surface area contributed by atoms with Crippen LogP contribution in [0.2, 0.25) is 0 Å². The molecule has 0 saturated carbocycles. The van der Waals surface area contributed by atoms with E-state index in [1.165, 1.54) is 0 Å². The third kappa shape index (κ3) is 5.06. The van der Waals surface area contributed by atoms with Gasteiger partial charge in [0, 0.05) is 31.6 Å². The lowest BCUT2D eigenvalue weighted by molar-refractivity contribution is -0.120.